The van der Waals surface area contributed by atoms with E-state index in [0.29, 0.717) is 12.0 Å². The topological polar surface area (TPSA) is 75.9 Å². The van der Waals surface area contributed by atoms with Gasteiger partial charge in [0.05, 0.1) is 0 Å². The summed E-state index contributed by atoms with van der Waals surface area (Å²) in [5, 5.41) is 3.54. The van der Waals surface area contributed by atoms with Gasteiger partial charge in [0.1, 0.15) is 17.5 Å². The highest BCUT2D eigenvalue weighted by molar-refractivity contribution is 5.57. The minimum atomic E-state index is 0.424. The summed E-state index contributed by atoms with van der Waals surface area (Å²) in [6.07, 6.45) is 8.75. The molecule has 4 N–H and O–H groups in total. The average molecular weight is 291 g/mol. The molecule has 1 heterocycles. The molecular formula is C16H29N5. The minimum absolute atomic E-state index is 0.424. The van der Waals surface area contributed by atoms with Crippen molar-refractivity contribution in [2.24, 2.45) is 5.84 Å². The van der Waals surface area contributed by atoms with Gasteiger partial charge >= 0.3 is 0 Å². The molecule has 5 nitrogen and oxygen atoms in total. The van der Waals surface area contributed by atoms with E-state index < -0.39 is 0 Å². The molecular weight excluding hydrogens is 262 g/mol. The van der Waals surface area contributed by atoms with Gasteiger partial charge in [-0.25, -0.2) is 15.8 Å². The van der Waals surface area contributed by atoms with E-state index in [1.165, 1.54) is 44.9 Å². The molecule has 1 fully saturated rings. The molecule has 1 aliphatic rings. The Morgan fingerprint density at radius 1 is 1.19 bits per heavy atom. The molecule has 1 aliphatic carbocycles. The SMILES string of the molecule is CCCCCCC(C)Nc1nc(C2CC2)nc(NN)c1C. The Morgan fingerprint density at radius 3 is 2.52 bits per heavy atom. The molecule has 5 heteroatoms. The summed E-state index contributed by atoms with van der Waals surface area (Å²) in [5.41, 5.74) is 3.70. The number of hydrogen-bond acceptors (Lipinski definition) is 5. The predicted molar refractivity (Wildman–Crippen MR) is 88.4 cm³/mol. The second kappa shape index (κ2) is 7.59. The first kappa shape index (κ1) is 16.0. The van der Waals surface area contributed by atoms with Crippen molar-refractivity contribution >= 4 is 11.6 Å². The molecule has 0 saturated heterocycles. The van der Waals surface area contributed by atoms with Crippen LogP contribution in [0.2, 0.25) is 0 Å². The minimum Gasteiger partial charge on any atom is -0.367 e. The normalized spacial score (nSPS) is 15.8. The summed E-state index contributed by atoms with van der Waals surface area (Å²) in [4.78, 5) is 9.23. The van der Waals surface area contributed by atoms with Crippen LogP contribution in [-0.2, 0) is 0 Å². The highest BCUT2D eigenvalue weighted by atomic mass is 15.3. The molecule has 0 amide bonds. The van der Waals surface area contributed by atoms with Crippen molar-refractivity contribution in [3.05, 3.63) is 11.4 Å². The van der Waals surface area contributed by atoms with E-state index in [-0.39, 0.29) is 0 Å². The zero-order valence-corrected chi connectivity index (χ0v) is 13.6. The second-order valence-electron chi connectivity index (χ2n) is 6.22. The monoisotopic (exact) mass is 291 g/mol. The van der Waals surface area contributed by atoms with Crippen LogP contribution in [0.15, 0.2) is 0 Å². The lowest BCUT2D eigenvalue weighted by Crippen LogP contribution is -2.20. The van der Waals surface area contributed by atoms with Gasteiger partial charge in [0.2, 0.25) is 0 Å². The van der Waals surface area contributed by atoms with Gasteiger partial charge in [0, 0.05) is 17.5 Å². The Hall–Kier alpha value is -1.36. The molecule has 0 aromatic carbocycles. The predicted octanol–water partition coefficient (Wildman–Crippen LogP) is 3.72. The van der Waals surface area contributed by atoms with Crippen LogP contribution in [0.25, 0.3) is 0 Å². The Bertz CT molecular complexity index is 456. The quantitative estimate of drug-likeness (QED) is 0.367. The molecule has 1 atom stereocenters. The number of hydrazine groups is 1. The van der Waals surface area contributed by atoms with Crippen LogP contribution in [-0.4, -0.2) is 16.0 Å². The summed E-state index contributed by atoms with van der Waals surface area (Å²) in [6.45, 7) is 6.48. The van der Waals surface area contributed by atoms with Gasteiger partial charge in [-0.15, -0.1) is 0 Å². The first-order valence-corrected chi connectivity index (χ1v) is 8.27. The fourth-order valence-electron chi connectivity index (χ4n) is 2.52. The number of rotatable bonds is 9. The van der Waals surface area contributed by atoms with E-state index in [1.807, 2.05) is 6.92 Å². The van der Waals surface area contributed by atoms with Crippen molar-refractivity contribution in [1.82, 2.24) is 9.97 Å². The summed E-state index contributed by atoms with van der Waals surface area (Å²) >= 11 is 0. The molecule has 1 unspecified atom stereocenters. The van der Waals surface area contributed by atoms with Gasteiger partial charge in [-0.2, -0.15) is 0 Å². The molecule has 2 rings (SSSR count). The molecule has 1 saturated carbocycles. The number of hydrogen-bond donors (Lipinski definition) is 3. The highest BCUT2D eigenvalue weighted by Gasteiger charge is 2.28. The maximum atomic E-state index is 5.59. The van der Waals surface area contributed by atoms with E-state index in [0.717, 1.165) is 23.0 Å². The van der Waals surface area contributed by atoms with Crippen molar-refractivity contribution in [1.29, 1.82) is 0 Å². The summed E-state index contributed by atoms with van der Waals surface area (Å²) < 4.78 is 0. The summed E-state index contributed by atoms with van der Waals surface area (Å²) in [5.74, 6) is 8.71. The van der Waals surface area contributed by atoms with Crippen molar-refractivity contribution in [3.63, 3.8) is 0 Å². The number of nitrogens with zero attached hydrogens (tertiary/aromatic N) is 2. The first-order chi connectivity index (χ1) is 10.2. The van der Waals surface area contributed by atoms with Crippen molar-refractivity contribution < 1.29 is 0 Å². The number of unbranched alkanes of at least 4 members (excludes halogenated alkanes) is 3. The maximum absolute atomic E-state index is 5.59. The lowest BCUT2D eigenvalue weighted by Gasteiger charge is -2.18. The van der Waals surface area contributed by atoms with E-state index in [4.69, 9.17) is 10.8 Å². The number of nitrogens with two attached hydrogens (primary N) is 1. The van der Waals surface area contributed by atoms with Crippen LogP contribution in [0.4, 0.5) is 11.6 Å². The molecule has 1 aromatic rings. The van der Waals surface area contributed by atoms with E-state index in [2.05, 4.69) is 29.6 Å². The van der Waals surface area contributed by atoms with E-state index in [1.54, 1.807) is 0 Å². The van der Waals surface area contributed by atoms with Gasteiger partial charge in [0.15, 0.2) is 0 Å². The third kappa shape index (κ3) is 4.56. The van der Waals surface area contributed by atoms with Gasteiger partial charge in [-0.05, 0) is 33.1 Å². The van der Waals surface area contributed by atoms with Crippen LogP contribution >= 0.6 is 0 Å². The fourth-order valence-corrected chi connectivity index (χ4v) is 2.52. The molecule has 21 heavy (non-hydrogen) atoms. The van der Waals surface area contributed by atoms with Crippen LogP contribution in [0.1, 0.15) is 76.1 Å². The molecule has 0 radical (unpaired) electrons. The number of aromatic nitrogens is 2. The van der Waals surface area contributed by atoms with E-state index in [9.17, 15) is 0 Å². The lowest BCUT2D eigenvalue weighted by molar-refractivity contribution is 0.592. The molecule has 1 aromatic heterocycles. The largest absolute Gasteiger partial charge is 0.367 e. The highest BCUT2D eigenvalue weighted by Crippen LogP contribution is 2.39. The summed E-state index contributed by atoms with van der Waals surface area (Å²) in [7, 11) is 0. The lowest BCUT2D eigenvalue weighted by atomic mass is 10.1. The Kier molecular flexibility index (Phi) is 5.79. The van der Waals surface area contributed by atoms with Crippen molar-refractivity contribution in [2.45, 2.75) is 77.7 Å². The van der Waals surface area contributed by atoms with Gasteiger partial charge in [0.25, 0.3) is 0 Å². The van der Waals surface area contributed by atoms with Crippen molar-refractivity contribution in [3.8, 4) is 0 Å². The zero-order valence-electron chi connectivity index (χ0n) is 13.6. The van der Waals surface area contributed by atoms with Gasteiger partial charge in [-0.3, -0.25) is 0 Å². The standard InChI is InChI=1S/C16H29N5/c1-4-5-6-7-8-11(2)18-14-12(3)15(21-17)20-16(19-14)13-9-10-13/h11,13H,4-10,17H2,1-3H3,(H2,18,19,20,21). The average Bonchev–Trinajstić information content (AvgIpc) is 3.30. The van der Waals surface area contributed by atoms with Gasteiger partial charge in [-0.1, -0.05) is 32.6 Å². The number of anilines is 2. The molecule has 0 spiro atoms. The van der Waals surface area contributed by atoms with Crippen molar-refractivity contribution in [2.75, 3.05) is 10.7 Å². The Labute approximate surface area is 128 Å². The third-order valence-corrected chi connectivity index (χ3v) is 4.12. The maximum Gasteiger partial charge on any atom is 0.148 e. The van der Waals surface area contributed by atoms with Crippen LogP contribution in [0.5, 0.6) is 0 Å². The third-order valence-electron chi connectivity index (χ3n) is 4.12. The molecule has 118 valence electrons. The number of nitrogens with one attached hydrogen (secondary N) is 2. The first-order valence-electron chi connectivity index (χ1n) is 8.27. The van der Waals surface area contributed by atoms with E-state index >= 15 is 0 Å². The number of nitrogen functional groups attached to an aromatic ring is 1. The van der Waals surface area contributed by atoms with Crippen LogP contribution < -0.4 is 16.6 Å². The second-order valence-corrected chi connectivity index (χ2v) is 6.22. The zero-order chi connectivity index (χ0) is 15.2. The summed E-state index contributed by atoms with van der Waals surface area (Å²) in [6, 6.07) is 0.424. The van der Waals surface area contributed by atoms with Crippen LogP contribution in [0.3, 0.4) is 0 Å². The molecule has 0 aliphatic heterocycles. The Morgan fingerprint density at radius 2 is 1.90 bits per heavy atom. The fraction of sp³-hybridized carbons (Fsp3) is 0.750. The van der Waals surface area contributed by atoms with Gasteiger partial charge < -0.3 is 10.7 Å². The van der Waals surface area contributed by atoms with Crippen LogP contribution in [0, 0.1) is 6.92 Å². The molecule has 0 bridgehead atoms. The Balaban J connectivity index is 1.99. The smallest absolute Gasteiger partial charge is 0.148 e.